The Morgan fingerprint density at radius 1 is 0.840 bits per heavy atom. The van der Waals surface area contributed by atoms with Crippen LogP contribution in [0.4, 0.5) is 5.82 Å². The summed E-state index contributed by atoms with van der Waals surface area (Å²) in [6, 6.07) is 18.7. The zero-order valence-corrected chi connectivity index (χ0v) is 14.2. The van der Waals surface area contributed by atoms with Gasteiger partial charge < -0.3 is 5.43 Å². The molecule has 0 aliphatic carbocycles. The molecule has 0 unspecified atom stereocenters. The molecular formula is C20H19N5. The summed E-state index contributed by atoms with van der Waals surface area (Å²) in [4.78, 5) is 4.62. The second-order valence-corrected chi connectivity index (χ2v) is 6.17. The largest absolute Gasteiger partial charge is 0.307 e. The minimum absolute atomic E-state index is 0.599. The van der Waals surface area contributed by atoms with E-state index in [1.54, 1.807) is 10.6 Å². The summed E-state index contributed by atoms with van der Waals surface area (Å²) in [7, 11) is 0. The van der Waals surface area contributed by atoms with Crippen LogP contribution < -0.4 is 11.3 Å². The maximum absolute atomic E-state index is 5.40. The van der Waals surface area contributed by atoms with E-state index in [1.165, 1.54) is 22.3 Å². The first-order valence-electron chi connectivity index (χ1n) is 8.15. The van der Waals surface area contributed by atoms with Crippen molar-refractivity contribution >= 4 is 11.5 Å². The molecule has 2 aromatic heterocycles. The first kappa shape index (κ1) is 15.4. The molecule has 2 heterocycles. The number of aryl methyl sites for hydroxylation is 2. The molecule has 0 bridgehead atoms. The molecule has 3 N–H and O–H groups in total. The Morgan fingerprint density at radius 3 is 2.28 bits per heavy atom. The van der Waals surface area contributed by atoms with Crippen LogP contribution in [0, 0.1) is 13.8 Å². The number of aromatic nitrogens is 3. The molecule has 5 heteroatoms. The number of nitrogen functional groups attached to an aromatic ring is 1. The fourth-order valence-corrected chi connectivity index (χ4v) is 2.85. The van der Waals surface area contributed by atoms with E-state index < -0.39 is 0 Å². The molecule has 0 spiro atoms. The molecule has 0 atom stereocenters. The Morgan fingerprint density at radius 2 is 1.56 bits per heavy atom. The maximum Gasteiger partial charge on any atom is 0.161 e. The zero-order valence-electron chi connectivity index (χ0n) is 14.2. The number of rotatable bonds is 3. The predicted octanol–water partition coefficient (Wildman–Crippen LogP) is 3.97. The number of hydrogen-bond donors (Lipinski definition) is 2. The van der Waals surface area contributed by atoms with Gasteiger partial charge in [-0.3, -0.25) is 0 Å². The van der Waals surface area contributed by atoms with Gasteiger partial charge in [0.25, 0.3) is 0 Å². The van der Waals surface area contributed by atoms with Crippen LogP contribution in [0.5, 0.6) is 0 Å². The smallest absolute Gasteiger partial charge is 0.161 e. The van der Waals surface area contributed by atoms with Gasteiger partial charge >= 0.3 is 0 Å². The first-order chi connectivity index (χ1) is 12.1. The second-order valence-electron chi connectivity index (χ2n) is 6.17. The first-order valence-corrected chi connectivity index (χ1v) is 8.15. The van der Waals surface area contributed by atoms with Crippen LogP contribution in [0.1, 0.15) is 11.1 Å². The summed E-state index contributed by atoms with van der Waals surface area (Å²) in [5, 5.41) is 4.34. The zero-order chi connectivity index (χ0) is 17.4. The van der Waals surface area contributed by atoms with E-state index in [2.05, 4.69) is 71.8 Å². The summed E-state index contributed by atoms with van der Waals surface area (Å²) < 4.78 is 1.72. The molecule has 2 aromatic carbocycles. The van der Waals surface area contributed by atoms with E-state index in [9.17, 15) is 0 Å². The SMILES string of the molecule is Cc1ccc(-c2ccc(-c3cn4nc(NN)ccc4n3)cc2)cc1C. The minimum atomic E-state index is 0.599. The van der Waals surface area contributed by atoms with Gasteiger partial charge in [-0.1, -0.05) is 42.5 Å². The van der Waals surface area contributed by atoms with E-state index >= 15 is 0 Å². The Hall–Kier alpha value is -3.18. The fraction of sp³-hybridized carbons (Fsp3) is 0.100. The molecule has 0 aliphatic heterocycles. The summed E-state index contributed by atoms with van der Waals surface area (Å²) in [5.74, 6) is 6.00. The van der Waals surface area contributed by atoms with Crippen LogP contribution >= 0.6 is 0 Å². The minimum Gasteiger partial charge on any atom is -0.307 e. The summed E-state index contributed by atoms with van der Waals surface area (Å²) in [6.07, 6.45) is 1.90. The van der Waals surface area contributed by atoms with Crippen LogP contribution in [-0.4, -0.2) is 14.6 Å². The van der Waals surface area contributed by atoms with Gasteiger partial charge in [-0.15, -0.1) is 5.10 Å². The number of nitrogens with zero attached hydrogens (tertiary/aromatic N) is 3. The van der Waals surface area contributed by atoms with E-state index in [0.29, 0.717) is 5.82 Å². The lowest BCUT2D eigenvalue weighted by Crippen LogP contribution is -2.09. The van der Waals surface area contributed by atoms with Gasteiger partial charge in [0.2, 0.25) is 0 Å². The van der Waals surface area contributed by atoms with Gasteiger partial charge in [0.1, 0.15) is 0 Å². The number of imidazole rings is 1. The van der Waals surface area contributed by atoms with Crippen molar-refractivity contribution in [3.05, 3.63) is 71.9 Å². The van der Waals surface area contributed by atoms with Crippen LogP contribution in [0.15, 0.2) is 60.8 Å². The molecule has 124 valence electrons. The highest BCUT2D eigenvalue weighted by Crippen LogP contribution is 2.26. The summed E-state index contributed by atoms with van der Waals surface area (Å²) in [6.45, 7) is 4.27. The van der Waals surface area contributed by atoms with Gasteiger partial charge in [0, 0.05) is 5.56 Å². The Kier molecular flexibility index (Phi) is 3.71. The fourth-order valence-electron chi connectivity index (χ4n) is 2.85. The highest BCUT2D eigenvalue weighted by atomic mass is 15.3. The second kappa shape index (κ2) is 6.03. The quantitative estimate of drug-likeness (QED) is 0.441. The predicted molar refractivity (Wildman–Crippen MR) is 101 cm³/mol. The number of fused-ring (bicyclic) bond motifs is 1. The molecule has 25 heavy (non-hydrogen) atoms. The van der Waals surface area contributed by atoms with Crippen molar-refractivity contribution in [2.45, 2.75) is 13.8 Å². The highest BCUT2D eigenvalue weighted by molar-refractivity contribution is 5.70. The van der Waals surface area contributed by atoms with Gasteiger partial charge in [0.15, 0.2) is 11.5 Å². The number of benzene rings is 2. The van der Waals surface area contributed by atoms with Gasteiger partial charge in [0.05, 0.1) is 11.9 Å². The van der Waals surface area contributed by atoms with Crippen molar-refractivity contribution in [1.82, 2.24) is 14.6 Å². The average Bonchev–Trinajstić information content (AvgIpc) is 3.07. The maximum atomic E-state index is 5.40. The van der Waals surface area contributed by atoms with Crippen LogP contribution in [0.2, 0.25) is 0 Å². The van der Waals surface area contributed by atoms with Crippen molar-refractivity contribution in [3.8, 4) is 22.4 Å². The summed E-state index contributed by atoms with van der Waals surface area (Å²) in [5.41, 5.74) is 10.3. The molecule has 5 nitrogen and oxygen atoms in total. The molecule has 4 rings (SSSR count). The molecule has 0 saturated carbocycles. The number of anilines is 1. The van der Waals surface area contributed by atoms with Gasteiger partial charge in [-0.2, -0.15) is 0 Å². The van der Waals surface area contributed by atoms with E-state index in [0.717, 1.165) is 16.9 Å². The van der Waals surface area contributed by atoms with Crippen molar-refractivity contribution in [2.24, 2.45) is 5.84 Å². The third kappa shape index (κ3) is 2.86. The van der Waals surface area contributed by atoms with Gasteiger partial charge in [-0.05, 0) is 48.2 Å². The third-order valence-electron chi connectivity index (χ3n) is 4.49. The lowest BCUT2D eigenvalue weighted by Gasteiger charge is -2.06. The summed E-state index contributed by atoms with van der Waals surface area (Å²) >= 11 is 0. The standard InChI is InChI=1S/C20H19N5/c1-13-3-4-17(11-14(13)2)15-5-7-16(8-6-15)18-12-25-20(22-18)10-9-19(23-21)24-25/h3-12H,21H2,1-2H3,(H,23,24). The van der Waals surface area contributed by atoms with Crippen molar-refractivity contribution in [2.75, 3.05) is 5.43 Å². The molecular weight excluding hydrogens is 310 g/mol. The van der Waals surface area contributed by atoms with Crippen molar-refractivity contribution in [1.29, 1.82) is 0 Å². The van der Waals surface area contributed by atoms with E-state index in [1.807, 2.05) is 12.3 Å². The van der Waals surface area contributed by atoms with Gasteiger partial charge in [-0.25, -0.2) is 15.3 Å². The topological polar surface area (TPSA) is 68.2 Å². The van der Waals surface area contributed by atoms with Crippen molar-refractivity contribution < 1.29 is 0 Å². The van der Waals surface area contributed by atoms with Crippen LogP contribution in [0.25, 0.3) is 28.0 Å². The normalized spacial score (nSPS) is 11.0. The van der Waals surface area contributed by atoms with Crippen LogP contribution in [-0.2, 0) is 0 Å². The Balaban J connectivity index is 1.68. The molecule has 0 radical (unpaired) electrons. The Bertz CT molecular complexity index is 1050. The molecule has 0 saturated heterocycles. The molecule has 0 amide bonds. The third-order valence-corrected chi connectivity index (χ3v) is 4.49. The monoisotopic (exact) mass is 329 g/mol. The highest BCUT2D eigenvalue weighted by Gasteiger charge is 2.07. The molecule has 4 aromatic rings. The number of nitrogens with two attached hydrogens (primary N) is 1. The average molecular weight is 329 g/mol. The number of hydrogen-bond acceptors (Lipinski definition) is 4. The number of nitrogens with one attached hydrogen (secondary N) is 1. The Labute approximate surface area is 146 Å². The van der Waals surface area contributed by atoms with E-state index in [4.69, 9.17) is 5.84 Å². The van der Waals surface area contributed by atoms with Crippen LogP contribution in [0.3, 0.4) is 0 Å². The lowest BCUT2D eigenvalue weighted by molar-refractivity contribution is 0.934. The lowest BCUT2D eigenvalue weighted by atomic mass is 9.99. The molecule has 0 fully saturated rings. The van der Waals surface area contributed by atoms with Crippen molar-refractivity contribution in [3.63, 3.8) is 0 Å². The van der Waals surface area contributed by atoms with E-state index in [-0.39, 0.29) is 0 Å². The molecule has 0 aliphatic rings. The number of hydrazine groups is 1.